The first kappa shape index (κ1) is 16.0. The minimum Gasteiger partial charge on any atom is -0.207 e. The summed E-state index contributed by atoms with van der Waals surface area (Å²) in [4.78, 5) is 0.413. The van der Waals surface area contributed by atoms with Gasteiger partial charge >= 0.3 is 0 Å². The molecule has 0 atom stereocenters. The quantitative estimate of drug-likeness (QED) is 0.750. The molecule has 1 saturated heterocycles. The van der Waals surface area contributed by atoms with Gasteiger partial charge in [0, 0.05) is 18.4 Å². The second-order valence-corrected chi connectivity index (χ2v) is 7.91. The van der Waals surface area contributed by atoms with Gasteiger partial charge < -0.3 is 0 Å². The predicted molar refractivity (Wildman–Crippen MR) is 85.5 cm³/mol. The van der Waals surface area contributed by atoms with Gasteiger partial charge in [0.25, 0.3) is 0 Å². The van der Waals surface area contributed by atoms with Crippen molar-refractivity contribution < 1.29 is 8.42 Å². The van der Waals surface area contributed by atoms with Gasteiger partial charge in [0.1, 0.15) is 0 Å². The van der Waals surface area contributed by atoms with Crippen LogP contribution < -0.4 is 0 Å². The molecular weight excluding hydrogens is 338 g/mol. The van der Waals surface area contributed by atoms with Gasteiger partial charge in [-0.05, 0) is 36.5 Å². The number of hydrogen-bond donors (Lipinski definition) is 0. The van der Waals surface area contributed by atoms with Gasteiger partial charge in [-0.3, -0.25) is 0 Å². The summed E-state index contributed by atoms with van der Waals surface area (Å²) in [6.07, 6.45) is 4.39. The van der Waals surface area contributed by atoms with Gasteiger partial charge in [0.15, 0.2) is 0 Å². The second kappa shape index (κ2) is 7.05. The second-order valence-electron chi connectivity index (χ2n) is 5.41. The lowest BCUT2D eigenvalue weighted by molar-refractivity contribution is 0.262. The van der Waals surface area contributed by atoms with Crippen LogP contribution in [0.3, 0.4) is 0 Å². The molecule has 0 unspecified atom stereocenters. The van der Waals surface area contributed by atoms with E-state index in [2.05, 4.69) is 22.9 Å². The van der Waals surface area contributed by atoms with E-state index in [1.165, 1.54) is 12.8 Å². The Hall–Kier alpha value is -0.390. The summed E-state index contributed by atoms with van der Waals surface area (Å²) < 4.78 is 26.8. The van der Waals surface area contributed by atoms with Crippen molar-refractivity contribution in [2.75, 3.05) is 13.1 Å². The molecule has 0 N–H and O–H groups in total. The van der Waals surface area contributed by atoms with E-state index in [1.807, 2.05) is 12.1 Å². The number of rotatable bonds is 5. The van der Waals surface area contributed by atoms with E-state index in [0.29, 0.717) is 23.9 Å². The number of piperidine rings is 1. The number of benzene rings is 1. The number of halogens is 1. The third kappa shape index (κ3) is 3.62. The summed E-state index contributed by atoms with van der Waals surface area (Å²) in [6.45, 7) is 3.51. The molecule has 0 saturated carbocycles. The van der Waals surface area contributed by atoms with Gasteiger partial charge in [-0.25, -0.2) is 8.42 Å². The summed E-state index contributed by atoms with van der Waals surface area (Å²) in [6, 6.07) is 7.16. The molecule has 1 heterocycles. The van der Waals surface area contributed by atoms with E-state index in [4.69, 9.17) is 0 Å². The molecule has 0 aromatic heterocycles. The number of nitrogens with zero attached hydrogens (tertiary/aromatic N) is 1. The Morgan fingerprint density at radius 3 is 2.30 bits per heavy atom. The maximum atomic E-state index is 12.6. The van der Waals surface area contributed by atoms with Crippen molar-refractivity contribution in [3.05, 3.63) is 29.8 Å². The van der Waals surface area contributed by atoms with E-state index in [9.17, 15) is 8.42 Å². The fourth-order valence-corrected chi connectivity index (χ4v) is 4.59. The third-order valence-electron chi connectivity index (χ3n) is 3.99. The van der Waals surface area contributed by atoms with Crippen molar-refractivity contribution in [2.24, 2.45) is 5.92 Å². The summed E-state index contributed by atoms with van der Waals surface area (Å²) in [5.74, 6) is 0.697. The van der Waals surface area contributed by atoms with Crippen LogP contribution in [0.15, 0.2) is 29.2 Å². The van der Waals surface area contributed by atoms with Crippen LogP contribution in [0, 0.1) is 5.92 Å². The van der Waals surface area contributed by atoms with Crippen molar-refractivity contribution in [1.82, 2.24) is 4.31 Å². The molecule has 1 aliphatic rings. The average molecular weight is 360 g/mol. The van der Waals surface area contributed by atoms with Gasteiger partial charge in [-0.1, -0.05) is 47.8 Å². The van der Waals surface area contributed by atoms with E-state index >= 15 is 0 Å². The third-order valence-corrected chi connectivity index (χ3v) is 6.55. The normalized spacial score (nSPS) is 18.3. The maximum Gasteiger partial charge on any atom is 0.243 e. The van der Waals surface area contributed by atoms with Gasteiger partial charge in [-0.15, -0.1) is 0 Å². The van der Waals surface area contributed by atoms with E-state index in [0.717, 1.165) is 23.7 Å². The molecule has 0 spiro atoms. The van der Waals surface area contributed by atoms with Crippen LogP contribution in [-0.4, -0.2) is 25.8 Å². The molecule has 112 valence electrons. The zero-order valence-electron chi connectivity index (χ0n) is 11.9. The molecule has 0 radical (unpaired) electrons. The van der Waals surface area contributed by atoms with Crippen LogP contribution in [-0.2, 0) is 15.4 Å². The first-order valence-corrected chi connectivity index (χ1v) is 9.79. The highest BCUT2D eigenvalue weighted by Crippen LogP contribution is 2.26. The molecule has 0 bridgehead atoms. The Bertz CT molecular complexity index is 519. The molecule has 1 aromatic rings. The smallest absolute Gasteiger partial charge is 0.207 e. The topological polar surface area (TPSA) is 37.4 Å². The molecule has 1 aromatic carbocycles. The lowest BCUT2D eigenvalue weighted by Gasteiger charge is -2.31. The molecular formula is C15H22BrNO2S. The lowest BCUT2D eigenvalue weighted by atomic mass is 9.94. The molecule has 2 rings (SSSR count). The van der Waals surface area contributed by atoms with Crippen LogP contribution >= 0.6 is 15.9 Å². The standard InChI is InChI=1S/C15H22BrNO2S/c1-2-3-13-8-10-17(11-9-13)20(18,19)15-6-4-14(12-16)5-7-15/h4-7,13H,2-3,8-12H2,1H3. The van der Waals surface area contributed by atoms with Crippen LogP contribution in [0.4, 0.5) is 0 Å². The lowest BCUT2D eigenvalue weighted by Crippen LogP contribution is -2.38. The highest BCUT2D eigenvalue weighted by molar-refractivity contribution is 9.08. The van der Waals surface area contributed by atoms with Crippen molar-refractivity contribution in [2.45, 2.75) is 42.8 Å². The fraction of sp³-hybridized carbons (Fsp3) is 0.600. The summed E-state index contributed by atoms with van der Waals surface area (Å²) in [5.41, 5.74) is 1.09. The van der Waals surface area contributed by atoms with Crippen molar-refractivity contribution >= 4 is 26.0 Å². The van der Waals surface area contributed by atoms with Crippen molar-refractivity contribution in [1.29, 1.82) is 0 Å². The monoisotopic (exact) mass is 359 g/mol. The molecule has 0 amide bonds. The predicted octanol–water partition coefficient (Wildman–Crippen LogP) is 3.78. The minimum atomic E-state index is -3.31. The highest BCUT2D eigenvalue weighted by Gasteiger charge is 2.28. The van der Waals surface area contributed by atoms with Crippen LogP contribution in [0.1, 0.15) is 38.2 Å². The zero-order valence-corrected chi connectivity index (χ0v) is 14.3. The molecule has 1 aliphatic heterocycles. The first-order valence-electron chi connectivity index (χ1n) is 7.23. The Balaban J connectivity index is 2.07. The summed E-state index contributed by atoms with van der Waals surface area (Å²) in [5, 5.41) is 0.746. The zero-order chi connectivity index (χ0) is 14.6. The van der Waals surface area contributed by atoms with Gasteiger partial charge in [0.05, 0.1) is 4.90 Å². The number of sulfonamides is 1. The molecule has 0 aliphatic carbocycles. The molecule has 1 fully saturated rings. The number of alkyl halides is 1. The van der Waals surface area contributed by atoms with E-state index < -0.39 is 10.0 Å². The molecule has 3 nitrogen and oxygen atoms in total. The minimum absolute atomic E-state index is 0.413. The van der Waals surface area contributed by atoms with Crippen molar-refractivity contribution in [3.63, 3.8) is 0 Å². The van der Waals surface area contributed by atoms with Crippen LogP contribution in [0.2, 0.25) is 0 Å². The van der Waals surface area contributed by atoms with E-state index in [1.54, 1.807) is 16.4 Å². The van der Waals surface area contributed by atoms with Crippen molar-refractivity contribution in [3.8, 4) is 0 Å². The highest BCUT2D eigenvalue weighted by atomic mass is 79.9. The molecule has 5 heteroatoms. The average Bonchev–Trinajstić information content (AvgIpc) is 2.48. The Kier molecular flexibility index (Phi) is 5.64. The SMILES string of the molecule is CCCC1CCN(S(=O)(=O)c2ccc(CBr)cc2)CC1. The Morgan fingerprint density at radius 1 is 1.20 bits per heavy atom. The van der Waals surface area contributed by atoms with Crippen LogP contribution in [0.5, 0.6) is 0 Å². The fourth-order valence-electron chi connectivity index (χ4n) is 2.75. The van der Waals surface area contributed by atoms with E-state index in [-0.39, 0.29) is 0 Å². The Labute approximate surface area is 130 Å². The maximum absolute atomic E-state index is 12.6. The van der Waals surface area contributed by atoms with Crippen LogP contribution in [0.25, 0.3) is 0 Å². The molecule has 20 heavy (non-hydrogen) atoms. The Morgan fingerprint density at radius 2 is 1.80 bits per heavy atom. The van der Waals surface area contributed by atoms with Gasteiger partial charge in [-0.2, -0.15) is 4.31 Å². The summed E-state index contributed by atoms with van der Waals surface area (Å²) >= 11 is 3.37. The first-order chi connectivity index (χ1) is 9.57. The largest absolute Gasteiger partial charge is 0.243 e. The van der Waals surface area contributed by atoms with Gasteiger partial charge in [0.2, 0.25) is 10.0 Å². The summed E-state index contributed by atoms with van der Waals surface area (Å²) in [7, 11) is -3.31. The number of hydrogen-bond acceptors (Lipinski definition) is 2.